The van der Waals surface area contributed by atoms with Crippen molar-refractivity contribution in [3.05, 3.63) is 101 Å². The van der Waals surface area contributed by atoms with E-state index in [2.05, 4.69) is 26.3 Å². The number of Topliss-reactive ketones (excluding diaryl/α,β-unsaturated/α-hetero) is 1. The number of hydrogen-bond acceptors (Lipinski definition) is 8. The molecule has 256 valence electrons. The number of hydrogen-bond donors (Lipinski definition) is 4. The van der Waals surface area contributed by atoms with Gasteiger partial charge in [-0.1, -0.05) is 86.6 Å². The van der Waals surface area contributed by atoms with Crippen LogP contribution in [0, 0.1) is 11.8 Å². The molecule has 49 heavy (non-hydrogen) atoms. The Morgan fingerprint density at radius 3 is 2.12 bits per heavy atom. The average molecular weight is 684 g/mol. The molecular formula is C37H41N5O6S. The molecule has 0 aliphatic carbocycles. The lowest BCUT2D eigenvalue weighted by atomic mass is 9.95. The number of carbonyl (C=O) groups is 5. The van der Waals surface area contributed by atoms with E-state index in [0.717, 1.165) is 15.8 Å². The normalized spacial score (nSPS) is 16.0. The zero-order valence-electron chi connectivity index (χ0n) is 27.5. The second kappa shape index (κ2) is 16.8. The van der Waals surface area contributed by atoms with Gasteiger partial charge in [0.15, 0.2) is 5.01 Å². The van der Waals surface area contributed by atoms with Crippen LogP contribution in [0.5, 0.6) is 0 Å². The number of amides is 4. The van der Waals surface area contributed by atoms with Crippen LogP contribution < -0.4 is 21.3 Å². The Kier molecular flexibility index (Phi) is 12.1. The number of rotatable bonds is 15. The maximum absolute atomic E-state index is 14.1. The number of carbonyl (C=O) groups excluding carboxylic acids is 5. The molecule has 1 fully saturated rings. The Morgan fingerprint density at radius 2 is 1.47 bits per heavy atom. The summed E-state index contributed by atoms with van der Waals surface area (Å²) in [6.07, 6.45) is 0.276. The summed E-state index contributed by atoms with van der Waals surface area (Å²) in [5.74, 6) is -2.17. The fraction of sp³-hybridized carbons (Fsp3) is 0.351. The molecule has 4 amide bonds. The molecule has 1 aliphatic heterocycles. The Labute approximate surface area is 289 Å². The first-order chi connectivity index (χ1) is 23.7. The minimum absolute atomic E-state index is 0.0277. The first-order valence-electron chi connectivity index (χ1n) is 16.5. The second-order valence-electron chi connectivity index (χ2n) is 12.6. The van der Waals surface area contributed by atoms with Gasteiger partial charge in [0.1, 0.15) is 18.7 Å². The highest BCUT2D eigenvalue weighted by Crippen LogP contribution is 2.25. The zero-order valence-corrected chi connectivity index (χ0v) is 28.3. The van der Waals surface area contributed by atoms with E-state index in [1.165, 1.54) is 11.3 Å². The van der Waals surface area contributed by atoms with E-state index in [0.29, 0.717) is 24.9 Å². The summed E-state index contributed by atoms with van der Waals surface area (Å²) in [7, 11) is 0. The molecule has 4 atom stereocenters. The minimum atomic E-state index is -1.10. The summed E-state index contributed by atoms with van der Waals surface area (Å²) < 4.78 is 6.20. The van der Waals surface area contributed by atoms with Crippen molar-refractivity contribution in [2.45, 2.75) is 64.3 Å². The fourth-order valence-electron chi connectivity index (χ4n) is 5.73. The molecule has 4 N–H and O–H groups in total. The summed E-state index contributed by atoms with van der Waals surface area (Å²) in [4.78, 5) is 71.6. The summed E-state index contributed by atoms with van der Waals surface area (Å²) >= 11 is 1.22. The molecule has 2 heterocycles. The van der Waals surface area contributed by atoms with Gasteiger partial charge in [0.25, 0.3) is 0 Å². The molecule has 0 saturated carbocycles. The summed E-state index contributed by atoms with van der Waals surface area (Å²) in [6, 6.07) is 22.6. The molecule has 4 aromatic rings. The van der Waals surface area contributed by atoms with Crippen LogP contribution in [0.4, 0.5) is 4.79 Å². The first-order valence-corrected chi connectivity index (χ1v) is 17.3. The number of aromatic nitrogens is 1. The molecule has 12 heteroatoms. The van der Waals surface area contributed by atoms with Crippen molar-refractivity contribution < 1.29 is 28.7 Å². The predicted molar refractivity (Wildman–Crippen MR) is 187 cm³/mol. The number of ketones is 1. The van der Waals surface area contributed by atoms with Crippen molar-refractivity contribution in [3.63, 3.8) is 0 Å². The standard InChI is InChI=1S/C37H41N5O6S/c1-23(2)19-29(42-37(47)48-22-25-13-7-4-8-14-25)34(45)40-30(20-24-11-5-3-6-12-24)35(46)39-28(21-26-17-18-38-33(26)44)32(43)36-41-27-15-9-10-16-31(27)49-36/h3-16,23,26,28-30H,17-22H2,1-2H3,(H,38,44)(H,39,46)(H,40,45)(H,42,47)/t26?,28?,29?,30-/m0/s1. The quantitative estimate of drug-likeness (QED) is 0.134. The highest BCUT2D eigenvalue weighted by Gasteiger charge is 2.35. The lowest BCUT2D eigenvalue weighted by Crippen LogP contribution is -2.57. The highest BCUT2D eigenvalue weighted by atomic mass is 32.1. The first kappa shape index (κ1) is 35.2. The molecular weight excluding hydrogens is 643 g/mol. The van der Waals surface area contributed by atoms with Crippen molar-refractivity contribution in [1.82, 2.24) is 26.3 Å². The van der Waals surface area contributed by atoms with Crippen LogP contribution in [0.15, 0.2) is 84.9 Å². The van der Waals surface area contributed by atoms with Crippen LogP contribution in [-0.2, 0) is 32.1 Å². The number of alkyl carbamates (subject to hydrolysis) is 1. The van der Waals surface area contributed by atoms with E-state index in [-0.39, 0.29) is 36.3 Å². The van der Waals surface area contributed by atoms with E-state index in [4.69, 9.17) is 4.74 Å². The average Bonchev–Trinajstić information content (AvgIpc) is 3.72. The largest absolute Gasteiger partial charge is 0.445 e. The maximum atomic E-state index is 14.1. The number of thiazole rings is 1. The van der Waals surface area contributed by atoms with E-state index in [9.17, 15) is 24.0 Å². The number of nitrogens with zero attached hydrogens (tertiary/aromatic N) is 1. The number of fused-ring (bicyclic) bond motifs is 1. The number of nitrogens with one attached hydrogen (secondary N) is 4. The monoisotopic (exact) mass is 683 g/mol. The van der Waals surface area contributed by atoms with Gasteiger partial charge >= 0.3 is 6.09 Å². The molecule has 11 nitrogen and oxygen atoms in total. The topological polar surface area (TPSA) is 156 Å². The Morgan fingerprint density at radius 1 is 0.837 bits per heavy atom. The van der Waals surface area contributed by atoms with Gasteiger partial charge < -0.3 is 26.0 Å². The van der Waals surface area contributed by atoms with Crippen LogP contribution >= 0.6 is 11.3 Å². The third-order valence-corrected chi connectivity index (χ3v) is 9.32. The van der Waals surface area contributed by atoms with Crippen molar-refractivity contribution in [1.29, 1.82) is 0 Å². The lowest BCUT2D eigenvalue weighted by Gasteiger charge is -2.26. The molecule has 3 aromatic carbocycles. The van der Waals surface area contributed by atoms with Crippen molar-refractivity contribution in [2.24, 2.45) is 11.8 Å². The van der Waals surface area contributed by atoms with Gasteiger partial charge in [0.05, 0.1) is 16.3 Å². The van der Waals surface area contributed by atoms with Gasteiger partial charge in [-0.05, 0) is 48.4 Å². The fourth-order valence-corrected chi connectivity index (χ4v) is 6.69. The number of ether oxygens (including phenoxy) is 1. The Bertz CT molecular complexity index is 1730. The van der Waals surface area contributed by atoms with E-state index in [1.807, 2.05) is 98.8 Å². The predicted octanol–water partition coefficient (Wildman–Crippen LogP) is 4.56. The van der Waals surface area contributed by atoms with Gasteiger partial charge in [-0.25, -0.2) is 9.78 Å². The summed E-state index contributed by atoms with van der Waals surface area (Å²) in [5.41, 5.74) is 2.25. The smallest absolute Gasteiger partial charge is 0.408 e. The van der Waals surface area contributed by atoms with Crippen LogP contribution in [0.25, 0.3) is 10.2 Å². The van der Waals surface area contributed by atoms with Crippen LogP contribution in [0.1, 0.15) is 54.0 Å². The molecule has 0 radical (unpaired) electrons. The third kappa shape index (κ3) is 9.96. The summed E-state index contributed by atoms with van der Waals surface area (Å²) in [5, 5.41) is 11.4. The molecule has 0 bridgehead atoms. The molecule has 5 rings (SSSR count). The summed E-state index contributed by atoms with van der Waals surface area (Å²) in [6.45, 7) is 4.36. The van der Waals surface area contributed by atoms with Gasteiger partial charge in [0.2, 0.25) is 23.5 Å². The minimum Gasteiger partial charge on any atom is -0.445 e. The van der Waals surface area contributed by atoms with Gasteiger partial charge in [-0.3, -0.25) is 19.2 Å². The Hall–Kier alpha value is -5.10. The van der Waals surface area contributed by atoms with E-state index in [1.54, 1.807) is 0 Å². The Balaban J connectivity index is 1.35. The maximum Gasteiger partial charge on any atom is 0.408 e. The molecule has 3 unspecified atom stereocenters. The van der Waals surface area contributed by atoms with Crippen LogP contribution in [0.3, 0.4) is 0 Å². The van der Waals surface area contributed by atoms with Gasteiger partial charge in [-0.2, -0.15) is 0 Å². The van der Waals surface area contributed by atoms with Crippen LogP contribution in [-0.4, -0.2) is 59.3 Å². The molecule has 0 spiro atoms. The van der Waals surface area contributed by atoms with Crippen LogP contribution in [0.2, 0.25) is 0 Å². The van der Waals surface area contributed by atoms with Gasteiger partial charge in [-0.15, -0.1) is 11.3 Å². The SMILES string of the molecule is CC(C)CC(NC(=O)OCc1ccccc1)C(=O)N[C@@H](Cc1ccccc1)C(=O)NC(CC1CCNC1=O)C(=O)c1nc2ccccc2s1. The second-order valence-corrected chi connectivity index (χ2v) is 13.6. The van der Waals surface area contributed by atoms with E-state index >= 15 is 0 Å². The highest BCUT2D eigenvalue weighted by molar-refractivity contribution is 7.20. The number of para-hydroxylation sites is 1. The number of benzene rings is 3. The molecule has 1 aromatic heterocycles. The zero-order chi connectivity index (χ0) is 34.8. The van der Waals surface area contributed by atoms with E-state index < -0.39 is 47.7 Å². The molecule has 1 aliphatic rings. The van der Waals surface area contributed by atoms with Crippen molar-refractivity contribution in [3.8, 4) is 0 Å². The van der Waals surface area contributed by atoms with Crippen molar-refractivity contribution >= 4 is 51.2 Å². The third-order valence-electron chi connectivity index (χ3n) is 8.26. The van der Waals surface area contributed by atoms with Crippen molar-refractivity contribution in [2.75, 3.05) is 6.54 Å². The van der Waals surface area contributed by atoms with Gasteiger partial charge in [0, 0.05) is 18.9 Å². The lowest BCUT2D eigenvalue weighted by molar-refractivity contribution is -0.130. The molecule has 1 saturated heterocycles.